The van der Waals surface area contributed by atoms with Gasteiger partial charge in [-0.05, 0) is 33.6 Å². The predicted octanol–water partition coefficient (Wildman–Crippen LogP) is 3.75. The van der Waals surface area contributed by atoms with Gasteiger partial charge in [-0.2, -0.15) is 5.10 Å². The second kappa shape index (κ2) is 11.4. The van der Waals surface area contributed by atoms with Gasteiger partial charge >= 0.3 is 12.1 Å². The molecule has 3 rings (SSSR count). The third-order valence-corrected chi connectivity index (χ3v) is 5.21. The van der Waals surface area contributed by atoms with E-state index in [0.29, 0.717) is 31.6 Å². The summed E-state index contributed by atoms with van der Waals surface area (Å²) in [5.41, 5.74) is 4.22. The van der Waals surface area contributed by atoms with E-state index in [9.17, 15) is 14.4 Å². The molecule has 34 heavy (non-hydrogen) atoms. The average Bonchev–Trinajstić information content (AvgIpc) is 2.83. The Labute approximate surface area is 199 Å². The standard InChI is InChI=1S/C26H31N3O5/c1-26(2,3)34-25(32)29-16-14-21(15-17-29)24(31)33-18-22(30)27-28-23(19-10-6-4-7-11-19)20-12-8-5-9-13-20/h4-13,21H,14-18H2,1-3H3,(H,27,30). The smallest absolute Gasteiger partial charge is 0.410 e. The topological polar surface area (TPSA) is 97.3 Å². The summed E-state index contributed by atoms with van der Waals surface area (Å²) >= 11 is 0. The van der Waals surface area contributed by atoms with Gasteiger partial charge in [0, 0.05) is 24.2 Å². The normalized spacial score (nSPS) is 14.1. The molecule has 1 N–H and O–H groups in total. The van der Waals surface area contributed by atoms with Crippen LogP contribution in [-0.2, 0) is 19.1 Å². The predicted molar refractivity (Wildman–Crippen MR) is 128 cm³/mol. The largest absolute Gasteiger partial charge is 0.455 e. The second-order valence-corrected chi connectivity index (χ2v) is 9.08. The lowest BCUT2D eigenvalue weighted by Crippen LogP contribution is -2.43. The zero-order valence-electron chi connectivity index (χ0n) is 19.8. The van der Waals surface area contributed by atoms with Crippen molar-refractivity contribution in [2.24, 2.45) is 11.0 Å². The van der Waals surface area contributed by atoms with Gasteiger partial charge in [0.15, 0.2) is 6.61 Å². The van der Waals surface area contributed by atoms with Crippen LogP contribution in [-0.4, -0.2) is 53.9 Å². The highest BCUT2D eigenvalue weighted by atomic mass is 16.6. The molecular weight excluding hydrogens is 434 g/mol. The fourth-order valence-corrected chi connectivity index (χ4v) is 3.52. The number of likely N-dealkylation sites (tertiary alicyclic amines) is 1. The van der Waals surface area contributed by atoms with Crippen LogP contribution >= 0.6 is 0 Å². The number of amides is 2. The Morgan fingerprint density at radius 3 is 1.97 bits per heavy atom. The number of carbonyl (C=O) groups is 3. The molecule has 1 saturated heterocycles. The van der Waals surface area contributed by atoms with Crippen LogP contribution < -0.4 is 5.43 Å². The molecule has 2 aromatic carbocycles. The summed E-state index contributed by atoms with van der Waals surface area (Å²) < 4.78 is 10.6. The molecular formula is C26H31N3O5. The molecule has 0 aliphatic carbocycles. The molecule has 8 heteroatoms. The van der Waals surface area contributed by atoms with Crippen LogP contribution in [0.3, 0.4) is 0 Å². The lowest BCUT2D eigenvalue weighted by atomic mass is 9.97. The quantitative estimate of drug-likeness (QED) is 0.398. The van der Waals surface area contributed by atoms with Crippen molar-refractivity contribution >= 4 is 23.7 Å². The Hall–Kier alpha value is -3.68. The molecule has 0 bridgehead atoms. The highest BCUT2D eigenvalue weighted by molar-refractivity contribution is 6.13. The third kappa shape index (κ3) is 7.43. The first kappa shape index (κ1) is 25.0. The minimum Gasteiger partial charge on any atom is -0.455 e. The SMILES string of the molecule is CC(C)(C)OC(=O)N1CCC(C(=O)OCC(=O)NN=C(c2ccccc2)c2ccccc2)CC1. The maximum absolute atomic E-state index is 12.4. The number of carbonyl (C=O) groups excluding carboxylic acids is 3. The summed E-state index contributed by atoms with van der Waals surface area (Å²) in [7, 11) is 0. The monoisotopic (exact) mass is 465 g/mol. The van der Waals surface area contributed by atoms with Crippen LogP contribution in [0.1, 0.15) is 44.7 Å². The molecule has 0 spiro atoms. The van der Waals surface area contributed by atoms with E-state index in [1.807, 2.05) is 81.4 Å². The van der Waals surface area contributed by atoms with Crippen molar-refractivity contribution in [3.05, 3.63) is 71.8 Å². The fraction of sp³-hybridized carbons (Fsp3) is 0.385. The average molecular weight is 466 g/mol. The molecule has 1 heterocycles. The van der Waals surface area contributed by atoms with Crippen molar-refractivity contribution in [3.63, 3.8) is 0 Å². The second-order valence-electron chi connectivity index (χ2n) is 9.08. The number of nitrogens with one attached hydrogen (secondary N) is 1. The summed E-state index contributed by atoms with van der Waals surface area (Å²) in [6.45, 7) is 5.82. The Kier molecular flexibility index (Phi) is 8.40. The summed E-state index contributed by atoms with van der Waals surface area (Å²) in [5, 5.41) is 4.28. The molecule has 0 aromatic heterocycles. The van der Waals surface area contributed by atoms with Crippen LogP contribution in [0.25, 0.3) is 0 Å². The minimum atomic E-state index is -0.566. The molecule has 1 aliphatic rings. The molecule has 8 nitrogen and oxygen atoms in total. The summed E-state index contributed by atoms with van der Waals surface area (Å²) in [4.78, 5) is 38.5. The summed E-state index contributed by atoms with van der Waals surface area (Å²) in [5.74, 6) is -1.34. The van der Waals surface area contributed by atoms with Crippen LogP contribution in [0.4, 0.5) is 4.79 Å². The van der Waals surface area contributed by atoms with E-state index in [1.165, 1.54) is 0 Å². The molecule has 180 valence electrons. The molecule has 0 unspecified atom stereocenters. The van der Waals surface area contributed by atoms with Gasteiger partial charge in [-0.15, -0.1) is 0 Å². The van der Waals surface area contributed by atoms with Crippen molar-refractivity contribution in [2.45, 2.75) is 39.2 Å². The number of esters is 1. The van der Waals surface area contributed by atoms with Gasteiger partial charge in [-0.1, -0.05) is 60.7 Å². The van der Waals surface area contributed by atoms with Gasteiger partial charge in [-0.25, -0.2) is 10.2 Å². The van der Waals surface area contributed by atoms with Crippen molar-refractivity contribution in [2.75, 3.05) is 19.7 Å². The number of hydrazone groups is 1. The molecule has 1 fully saturated rings. The summed E-state index contributed by atoms with van der Waals surface area (Å²) in [6, 6.07) is 19.0. The fourth-order valence-electron chi connectivity index (χ4n) is 3.52. The third-order valence-electron chi connectivity index (χ3n) is 5.21. The number of ether oxygens (including phenoxy) is 2. The molecule has 0 radical (unpaired) electrons. The first-order chi connectivity index (χ1) is 16.2. The first-order valence-electron chi connectivity index (χ1n) is 11.3. The Bertz CT molecular complexity index is 966. The molecule has 0 saturated carbocycles. The van der Waals surface area contributed by atoms with Crippen molar-refractivity contribution in [1.29, 1.82) is 0 Å². The van der Waals surface area contributed by atoms with Crippen molar-refractivity contribution in [3.8, 4) is 0 Å². The van der Waals surface area contributed by atoms with Gasteiger partial charge in [0.2, 0.25) is 0 Å². The van der Waals surface area contributed by atoms with Crippen molar-refractivity contribution in [1.82, 2.24) is 10.3 Å². The highest BCUT2D eigenvalue weighted by Gasteiger charge is 2.31. The van der Waals surface area contributed by atoms with Crippen LogP contribution in [0.2, 0.25) is 0 Å². The van der Waals surface area contributed by atoms with E-state index in [4.69, 9.17) is 9.47 Å². The van der Waals surface area contributed by atoms with Gasteiger partial charge in [0.05, 0.1) is 11.6 Å². The Balaban J connectivity index is 1.50. The number of piperidine rings is 1. The molecule has 1 aliphatic heterocycles. The van der Waals surface area contributed by atoms with E-state index in [-0.39, 0.29) is 12.0 Å². The Morgan fingerprint density at radius 1 is 0.941 bits per heavy atom. The maximum Gasteiger partial charge on any atom is 0.410 e. The number of hydrogen-bond donors (Lipinski definition) is 1. The highest BCUT2D eigenvalue weighted by Crippen LogP contribution is 2.21. The lowest BCUT2D eigenvalue weighted by molar-refractivity contribution is -0.154. The number of nitrogens with zero attached hydrogens (tertiary/aromatic N) is 2. The lowest BCUT2D eigenvalue weighted by Gasteiger charge is -2.32. The van der Waals surface area contributed by atoms with Gasteiger partial charge < -0.3 is 14.4 Å². The molecule has 2 aromatic rings. The number of rotatable bonds is 6. The molecule has 2 amide bonds. The number of hydrogen-bond acceptors (Lipinski definition) is 6. The van der Waals surface area contributed by atoms with Gasteiger partial charge in [-0.3, -0.25) is 9.59 Å². The van der Waals surface area contributed by atoms with E-state index >= 15 is 0 Å². The van der Waals surface area contributed by atoms with Crippen molar-refractivity contribution < 1.29 is 23.9 Å². The van der Waals surface area contributed by atoms with E-state index in [2.05, 4.69) is 10.5 Å². The number of benzene rings is 2. The van der Waals surface area contributed by atoms with E-state index < -0.39 is 24.1 Å². The maximum atomic E-state index is 12.4. The first-order valence-corrected chi connectivity index (χ1v) is 11.3. The van der Waals surface area contributed by atoms with Gasteiger partial charge in [0.25, 0.3) is 5.91 Å². The van der Waals surface area contributed by atoms with E-state index in [1.54, 1.807) is 4.90 Å². The Morgan fingerprint density at radius 2 is 1.47 bits per heavy atom. The molecule has 0 atom stereocenters. The minimum absolute atomic E-state index is 0.362. The van der Waals surface area contributed by atoms with Crippen LogP contribution in [0.5, 0.6) is 0 Å². The van der Waals surface area contributed by atoms with Gasteiger partial charge in [0.1, 0.15) is 5.60 Å². The zero-order chi connectivity index (χ0) is 24.6. The van der Waals surface area contributed by atoms with Crippen LogP contribution in [0.15, 0.2) is 65.8 Å². The van der Waals surface area contributed by atoms with Crippen LogP contribution in [0, 0.1) is 5.92 Å². The zero-order valence-corrected chi connectivity index (χ0v) is 19.8. The van der Waals surface area contributed by atoms with E-state index in [0.717, 1.165) is 11.1 Å². The summed E-state index contributed by atoms with van der Waals surface area (Å²) in [6.07, 6.45) is 0.540.